The summed E-state index contributed by atoms with van der Waals surface area (Å²) in [7, 11) is 0. The normalized spacial score (nSPS) is 13.9. The number of fused-ring (bicyclic) bond motifs is 1. The highest BCUT2D eigenvalue weighted by Gasteiger charge is 2.12. The summed E-state index contributed by atoms with van der Waals surface area (Å²) in [6.07, 6.45) is 3.72. The van der Waals surface area contributed by atoms with Crippen molar-refractivity contribution in [3.05, 3.63) is 36.0 Å². The number of aliphatic carboxylic acids is 1. The maximum Gasteiger partial charge on any atom is 0.324 e. The van der Waals surface area contributed by atoms with Crippen LogP contribution in [0.5, 0.6) is 0 Å². The van der Waals surface area contributed by atoms with Crippen LogP contribution in [0.4, 0.5) is 0 Å². The summed E-state index contributed by atoms with van der Waals surface area (Å²) in [5, 5.41) is 8.62. The van der Waals surface area contributed by atoms with Gasteiger partial charge in [-0.2, -0.15) is 0 Å². The van der Waals surface area contributed by atoms with Crippen molar-refractivity contribution >= 4 is 24.0 Å². The molecule has 0 aromatic heterocycles. The molecule has 1 aliphatic heterocycles. The molecule has 2 rings (SSSR count). The van der Waals surface area contributed by atoms with E-state index in [9.17, 15) is 4.79 Å². The monoisotopic (exact) mass is 207 g/mol. The standard InChI is InChI=1S/C10H9NO2S/c12-10(13)7-11-6-5-8-3-1-2-4-9(8)14-11/h1-6H,7H2,(H,12,13). The van der Waals surface area contributed by atoms with Gasteiger partial charge in [-0.15, -0.1) is 0 Å². The Morgan fingerprint density at radius 1 is 1.43 bits per heavy atom. The second-order valence-electron chi connectivity index (χ2n) is 2.91. The van der Waals surface area contributed by atoms with E-state index < -0.39 is 5.97 Å². The second kappa shape index (κ2) is 3.75. The molecule has 0 amide bonds. The van der Waals surface area contributed by atoms with Crippen molar-refractivity contribution < 1.29 is 9.90 Å². The van der Waals surface area contributed by atoms with Crippen molar-refractivity contribution in [2.45, 2.75) is 4.90 Å². The highest BCUT2D eigenvalue weighted by atomic mass is 32.2. The molecule has 0 fully saturated rings. The van der Waals surface area contributed by atoms with Gasteiger partial charge in [-0.3, -0.25) is 4.79 Å². The van der Waals surface area contributed by atoms with Crippen LogP contribution in [0, 0.1) is 0 Å². The molecule has 1 aromatic rings. The van der Waals surface area contributed by atoms with Crippen LogP contribution in [0.2, 0.25) is 0 Å². The minimum atomic E-state index is -0.818. The first-order valence-corrected chi connectivity index (χ1v) is 4.97. The number of benzene rings is 1. The summed E-state index contributed by atoms with van der Waals surface area (Å²) in [4.78, 5) is 11.6. The van der Waals surface area contributed by atoms with Gasteiger partial charge >= 0.3 is 5.97 Å². The second-order valence-corrected chi connectivity index (χ2v) is 4.01. The average molecular weight is 207 g/mol. The molecule has 0 aliphatic carbocycles. The first-order chi connectivity index (χ1) is 6.75. The quantitative estimate of drug-likeness (QED) is 0.754. The maximum atomic E-state index is 10.5. The fraction of sp³-hybridized carbons (Fsp3) is 0.100. The Morgan fingerprint density at radius 2 is 2.21 bits per heavy atom. The van der Waals surface area contributed by atoms with Gasteiger partial charge in [0.05, 0.1) is 0 Å². The molecule has 4 heteroatoms. The summed E-state index contributed by atoms with van der Waals surface area (Å²) in [6.45, 7) is 0.0233. The Balaban J connectivity index is 2.17. The van der Waals surface area contributed by atoms with Gasteiger partial charge in [0.1, 0.15) is 6.54 Å². The first kappa shape index (κ1) is 9.15. The summed E-state index contributed by atoms with van der Waals surface area (Å²) < 4.78 is 1.70. The molecule has 1 aliphatic rings. The lowest BCUT2D eigenvalue weighted by atomic mass is 10.2. The van der Waals surface area contributed by atoms with Gasteiger partial charge in [0.25, 0.3) is 0 Å². The van der Waals surface area contributed by atoms with Gasteiger partial charge in [0.15, 0.2) is 0 Å². The Morgan fingerprint density at radius 3 is 3.00 bits per heavy atom. The maximum absolute atomic E-state index is 10.5. The zero-order chi connectivity index (χ0) is 9.97. The van der Waals surface area contributed by atoms with E-state index in [0.29, 0.717) is 0 Å². The van der Waals surface area contributed by atoms with Crippen molar-refractivity contribution in [3.63, 3.8) is 0 Å². The van der Waals surface area contributed by atoms with E-state index in [1.54, 1.807) is 10.5 Å². The van der Waals surface area contributed by atoms with Crippen LogP contribution in [-0.2, 0) is 4.79 Å². The fourth-order valence-corrected chi connectivity index (χ4v) is 2.17. The smallest absolute Gasteiger partial charge is 0.324 e. The van der Waals surface area contributed by atoms with Crippen LogP contribution < -0.4 is 0 Å². The van der Waals surface area contributed by atoms with Gasteiger partial charge in [-0.05, 0) is 29.7 Å². The van der Waals surface area contributed by atoms with E-state index in [2.05, 4.69) is 0 Å². The van der Waals surface area contributed by atoms with E-state index >= 15 is 0 Å². The molecule has 1 heterocycles. The molecule has 0 saturated carbocycles. The van der Waals surface area contributed by atoms with Gasteiger partial charge < -0.3 is 9.41 Å². The number of carbonyl (C=O) groups is 1. The van der Waals surface area contributed by atoms with Crippen LogP contribution in [0.3, 0.4) is 0 Å². The molecule has 0 saturated heterocycles. The molecule has 1 aromatic carbocycles. The minimum absolute atomic E-state index is 0.0233. The number of rotatable bonds is 2. The lowest BCUT2D eigenvalue weighted by Crippen LogP contribution is -2.19. The minimum Gasteiger partial charge on any atom is -0.480 e. The predicted octanol–water partition coefficient (Wildman–Crippen LogP) is 2.06. The predicted molar refractivity (Wildman–Crippen MR) is 55.7 cm³/mol. The van der Waals surface area contributed by atoms with Crippen molar-refractivity contribution in [1.82, 2.24) is 4.31 Å². The van der Waals surface area contributed by atoms with Gasteiger partial charge in [-0.1, -0.05) is 18.2 Å². The lowest BCUT2D eigenvalue weighted by Gasteiger charge is -2.21. The molecular formula is C10H9NO2S. The highest BCUT2D eigenvalue weighted by Crippen LogP contribution is 2.31. The molecule has 0 atom stereocenters. The Bertz CT molecular complexity index is 389. The largest absolute Gasteiger partial charge is 0.480 e. The van der Waals surface area contributed by atoms with Crippen molar-refractivity contribution in [1.29, 1.82) is 0 Å². The summed E-state index contributed by atoms with van der Waals surface area (Å²) >= 11 is 1.45. The molecular weight excluding hydrogens is 198 g/mol. The third kappa shape index (κ3) is 1.90. The van der Waals surface area contributed by atoms with Crippen LogP contribution in [-0.4, -0.2) is 21.9 Å². The fourth-order valence-electron chi connectivity index (χ4n) is 1.24. The Kier molecular flexibility index (Phi) is 2.45. The third-order valence-corrected chi connectivity index (χ3v) is 2.90. The zero-order valence-corrected chi connectivity index (χ0v) is 8.20. The third-order valence-electron chi connectivity index (χ3n) is 1.85. The molecule has 14 heavy (non-hydrogen) atoms. The Hall–Kier alpha value is -1.42. The van der Waals surface area contributed by atoms with Crippen molar-refractivity contribution in [3.8, 4) is 0 Å². The van der Waals surface area contributed by atoms with E-state index in [4.69, 9.17) is 5.11 Å². The SMILES string of the molecule is O=C(O)CN1C=Cc2ccccc2S1. The van der Waals surface area contributed by atoms with Crippen LogP contribution in [0.25, 0.3) is 6.08 Å². The van der Waals surface area contributed by atoms with Gasteiger partial charge in [0.2, 0.25) is 0 Å². The number of nitrogens with zero attached hydrogens (tertiary/aromatic N) is 1. The van der Waals surface area contributed by atoms with E-state index in [0.717, 1.165) is 10.5 Å². The van der Waals surface area contributed by atoms with E-state index in [1.165, 1.54) is 11.9 Å². The van der Waals surface area contributed by atoms with E-state index in [1.807, 2.05) is 30.3 Å². The molecule has 0 bridgehead atoms. The summed E-state index contributed by atoms with van der Waals surface area (Å²) in [5.41, 5.74) is 1.14. The van der Waals surface area contributed by atoms with Crippen molar-refractivity contribution in [2.75, 3.05) is 6.54 Å². The van der Waals surface area contributed by atoms with Crippen LogP contribution in [0.15, 0.2) is 35.4 Å². The molecule has 0 unspecified atom stereocenters. The molecule has 0 spiro atoms. The zero-order valence-electron chi connectivity index (χ0n) is 7.38. The van der Waals surface area contributed by atoms with Crippen LogP contribution >= 0.6 is 11.9 Å². The highest BCUT2D eigenvalue weighted by molar-refractivity contribution is 7.97. The number of carboxylic acids is 1. The topological polar surface area (TPSA) is 40.5 Å². The lowest BCUT2D eigenvalue weighted by molar-refractivity contribution is -0.136. The van der Waals surface area contributed by atoms with Crippen molar-refractivity contribution in [2.24, 2.45) is 0 Å². The molecule has 1 N–H and O–H groups in total. The number of hydrogen-bond donors (Lipinski definition) is 1. The average Bonchev–Trinajstić information content (AvgIpc) is 2.17. The number of hydrogen-bond acceptors (Lipinski definition) is 3. The molecule has 72 valence electrons. The summed E-state index contributed by atoms with van der Waals surface area (Å²) in [5.74, 6) is -0.818. The first-order valence-electron chi connectivity index (χ1n) is 4.19. The van der Waals surface area contributed by atoms with Gasteiger partial charge in [-0.25, -0.2) is 0 Å². The van der Waals surface area contributed by atoms with E-state index in [-0.39, 0.29) is 6.54 Å². The summed E-state index contributed by atoms with van der Waals surface area (Å²) in [6, 6.07) is 7.91. The number of carboxylic acid groups (broad SMARTS) is 1. The Labute approximate surface area is 86.2 Å². The van der Waals surface area contributed by atoms with Crippen LogP contribution in [0.1, 0.15) is 5.56 Å². The molecule has 3 nitrogen and oxygen atoms in total. The molecule has 0 radical (unpaired) electrons. The van der Waals surface area contributed by atoms with Gasteiger partial charge in [0, 0.05) is 11.1 Å².